The molecule has 206 valence electrons. The Labute approximate surface area is 221 Å². The summed E-state index contributed by atoms with van der Waals surface area (Å²) in [5.74, 6) is -0.264. The fraction of sp³-hybridized carbons (Fsp3) is 0.500. The SMILES string of the molecule is CCNCC.O=C(O)CC1CCc2c1[nH]c1ccc(OCc3ccc(C4CCCC4)c(C(F)(F)F)c3)cc21. The molecule has 1 heterocycles. The number of carboxylic acid groups (broad SMARTS) is 1. The van der Waals surface area contributed by atoms with Gasteiger partial charge in [-0.15, -0.1) is 0 Å². The molecule has 2 aliphatic carbocycles. The van der Waals surface area contributed by atoms with E-state index in [0.717, 1.165) is 73.8 Å². The Bertz CT molecular complexity index is 1240. The van der Waals surface area contributed by atoms with Crippen LogP contribution in [0.5, 0.6) is 5.75 Å². The number of ether oxygens (including phenoxy) is 1. The van der Waals surface area contributed by atoms with Crippen molar-refractivity contribution in [3.05, 3.63) is 64.3 Å². The van der Waals surface area contributed by atoms with Crippen LogP contribution < -0.4 is 10.1 Å². The topological polar surface area (TPSA) is 74.4 Å². The molecule has 2 aromatic carbocycles. The van der Waals surface area contributed by atoms with E-state index in [1.807, 2.05) is 12.1 Å². The number of halogens is 3. The van der Waals surface area contributed by atoms with Crippen LogP contribution in [0.25, 0.3) is 10.9 Å². The third-order valence-electron chi connectivity index (χ3n) is 7.61. The average molecular weight is 531 g/mol. The second kappa shape index (κ2) is 12.2. The molecule has 5 nitrogen and oxygen atoms in total. The molecule has 1 atom stereocenters. The highest BCUT2D eigenvalue weighted by molar-refractivity contribution is 5.87. The Hall–Kier alpha value is -3.00. The standard InChI is InChI=1S/C26H26F3NO3.C4H11N/c27-26(28,29)22-11-15(5-8-19(22)16-3-1-2-4-16)14-33-18-7-10-23-21(13-18)20-9-6-17(12-24(31)32)25(20)30-23;1-3-5-4-2/h5,7-8,10-11,13,16-17,30H,1-4,6,9,12,14H2,(H,31,32);5H,3-4H2,1-2H3. The summed E-state index contributed by atoms with van der Waals surface area (Å²) in [6.07, 6.45) is 0.897. The average Bonchev–Trinajstić information content (AvgIpc) is 3.61. The number of fused-ring (bicyclic) bond motifs is 3. The van der Waals surface area contributed by atoms with Crippen molar-refractivity contribution < 1.29 is 27.8 Å². The number of hydrogen-bond donors (Lipinski definition) is 3. The highest BCUT2D eigenvalue weighted by atomic mass is 19.4. The zero-order chi connectivity index (χ0) is 27.3. The predicted molar refractivity (Wildman–Crippen MR) is 143 cm³/mol. The zero-order valence-electron chi connectivity index (χ0n) is 22.1. The number of aromatic nitrogens is 1. The van der Waals surface area contributed by atoms with Crippen LogP contribution in [0.4, 0.5) is 13.2 Å². The van der Waals surface area contributed by atoms with Gasteiger partial charge in [-0.3, -0.25) is 4.79 Å². The van der Waals surface area contributed by atoms with Gasteiger partial charge in [-0.05, 0) is 85.6 Å². The monoisotopic (exact) mass is 530 g/mol. The van der Waals surface area contributed by atoms with E-state index in [2.05, 4.69) is 24.1 Å². The molecule has 1 saturated carbocycles. The van der Waals surface area contributed by atoms with Gasteiger partial charge in [0.05, 0.1) is 12.0 Å². The van der Waals surface area contributed by atoms with E-state index in [9.17, 15) is 18.0 Å². The molecular formula is C30H37F3N2O3. The van der Waals surface area contributed by atoms with E-state index >= 15 is 0 Å². The molecule has 38 heavy (non-hydrogen) atoms. The Morgan fingerprint density at radius 3 is 2.45 bits per heavy atom. The molecule has 0 radical (unpaired) electrons. The van der Waals surface area contributed by atoms with Crippen molar-refractivity contribution in [3.8, 4) is 5.75 Å². The molecule has 1 fully saturated rings. The van der Waals surface area contributed by atoms with E-state index in [4.69, 9.17) is 9.84 Å². The summed E-state index contributed by atoms with van der Waals surface area (Å²) in [4.78, 5) is 14.5. The van der Waals surface area contributed by atoms with Gasteiger partial charge in [0.1, 0.15) is 12.4 Å². The molecule has 0 spiro atoms. The Balaban J connectivity index is 0.000000617. The highest BCUT2D eigenvalue weighted by Gasteiger charge is 2.36. The molecule has 0 amide bonds. The lowest BCUT2D eigenvalue weighted by Gasteiger charge is -2.19. The lowest BCUT2D eigenvalue weighted by atomic mass is 9.91. The van der Waals surface area contributed by atoms with Crippen LogP contribution in [-0.2, 0) is 24.0 Å². The summed E-state index contributed by atoms with van der Waals surface area (Å²) in [6, 6.07) is 10.2. The second-order valence-electron chi connectivity index (χ2n) is 10.2. The maximum absolute atomic E-state index is 13.7. The maximum atomic E-state index is 13.7. The summed E-state index contributed by atoms with van der Waals surface area (Å²) >= 11 is 0. The fourth-order valence-corrected chi connectivity index (χ4v) is 5.78. The van der Waals surface area contributed by atoms with Crippen molar-refractivity contribution >= 4 is 16.9 Å². The third kappa shape index (κ3) is 6.52. The zero-order valence-corrected chi connectivity index (χ0v) is 22.1. The quantitative estimate of drug-likeness (QED) is 0.281. The lowest BCUT2D eigenvalue weighted by molar-refractivity contribution is -0.139. The Morgan fingerprint density at radius 1 is 1.08 bits per heavy atom. The maximum Gasteiger partial charge on any atom is 0.416 e. The van der Waals surface area contributed by atoms with Crippen LogP contribution in [-0.4, -0.2) is 29.1 Å². The van der Waals surface area contributed by atoms with E-state index in [1.54, 1.807) is 18.2 Å². The Morgan fingerprint density at radius 2 is 1.82 bits per heavy atom. The number of aromatic amines is 1. The number of carboxylic acids is 1. The van der Waals surface area contributed by atoms with Gasteiger partial charge in [0.15, 0.2) is 0 Å². The number of alkyl halides is 3. The second-order valence-corrected chi connectivity index (χ2v) is 10.2. The molecule has 3 aromatic rings. The molecule has 0 aliphatic heterocycles. The van der Waals surface area contributed by atoms with Crippen LogP contribution in [0.1, 0.15) is 92.2 Å². The van der Waals surface area contributed by atoms with Crippen molar-refractivity contribution in [3.63, 3.8) is 0 Å². The largest absolute Gasteiger partial charge is 0.489 e. The molecule has 0 bridgehead atoms. The summed E-state index contributed by atoms with van der Waals surface area (Å²) in [7, 11) is 0. The molecule has 3 N–H and O–H groups in total. The Kier molecular flexibility index (Phi) is 9.03. The van der Waals surface area contributed by atoms with E-state index in [-0.39, 0.29) is 24.9 Å². The van der Waals surface area contributed by atoms with Gasteiger partial charge in [-0.25, -0.2) is 0 Å². The number of carbonyl (C=O) groups is 1. The van der Waals surface area contributed by atoms with Crippen molar-refractivity contribution in [2.24, 2.45) is 0 Å². The first-order valence-electron chi connectivity index (χ1n) is 13.6. The smallest absolute Gasteiger partial charge is 0.416 e. The van der Waals surface area contributed by atoms with Crippen LogP contribution in [0, 0.1) is 0 Å². The van der Waals surface area contributed by atoms with Gasteiger partial charge >= 0.3 is 12.1 Å². The van der Waals surface area contributed by atoms with Gasteiger partial charge < -0.3 is 20.1 Å². The first-order chi connectivity index (χ1) is 18.2. The summed E-state index contributed by atoms with van der Waals surface area (Å²) in [5.41, 5.74) is 3.36. The minimum absolute atomic E-state index is 0.0142. The van der Waals surface area contributed by atoms with E-state index in [1.165, 1.54) is 6.07 Å². The fourth-order valence-electron chi connectivity index (χ4n) is 5.78. The number of aryl methyl sites for hydroxylation is 1. The number of aliphatic carboxylic acids is 1. The molecular weight excluding hydrogens is 493 g/mol. The molecule has 1 aromatic heterocycles. The number of benzene rings is 2. The predicted octanol–water partition coefficient (Wildman–Crippen LogP) is 7.54. The molecule has 1 unspecified atom stereocenters. The van der Waals surface area contributed by atoms with E-state index in [0.29, 0.717) is 16.9 Å². The van der Waals surface area contributed by atoms with Crippen LogP contribution in [0.2, 0.25) is 0 Å². The third-order valence-corrected chi connectivity index (χ3v) is 7.61. The van der Waals surface area contributed by atoms with Gasteiger partial charge in [0.2, 0.25) is 0 Å². The van der Waals surface area contributed by atoms with Gasteiger partial charge in [-0.1, -0.05) is 38.8 Å². The van der Waals surface area contributed by atoms with Crippen molar-refractivity contribution in [2.45, 2.75) is 83.4 Å². The minimum Gasteiger partial charge on any atom is -0.489 e. The van der Waals surface area contributed by atoms with Crippen molar-refractivity contribution in [2.75, 3.05) is 13.1 Å². The number of hydrogen-bond acceptors (Lipinski definition) is 3. The summed E-state index contributed by atoms with van der Waals surface area (Å²) in [5, 5.41) is 13.2. The first kappa shape index (κ1) is 28.0. The summed E-state index contributed by atoms with van der Waals surface area (Å²) in [6.45, 7) is 6.44. The molecule has 0 saturated heterocycles. The van der Waals surface area contributed by atoms with Gasteiger partial charge in [0, 0.05) is 22.5 Å². The molecule has 8 heteroatoms. The van der Waals surface area contributed by atoms with Crippen LogP contribution >= 0.6 is 0 Å². The van der Waals surface area contributed by atoms with Gasteiger partial charge in [-0.2, -0.15) is 13.2 Å². The van der Waals surface area contributed by atoms with Crippen LogP contribution in [0.15, 0.2) is 36.4 Å². The number of H-pyrrole nitrogens is 1. The van der Waals surface area contributed by atoms with E-state index < -0.39 is 17.7 Å². The number of rotatable bonds is 8. The lowest BCUT2D eigenvalue weighted by Crippen LogP contribution is -2.12. The highest BCUT2D eigenvalue weighted by Crippen LogP contribution is 2.43. The van der Waals surface area contributed by atoms with Crippen molar-refractivity contribution in [1.82, 2.24) is 10.3 Å². The van der Waals surface area contributed by atoms with Crippen molar-refractivity contribution in [1.29, 1.82) is 0 Å². The first-order valence-corrected chi connectivity index (χ1v) is 13.6. The molecule has 2 aliphatic rings. The van der Waals surface area contributed by atoms with Gasteiger partial charge in [0.25, 0.3) is 0 Å². The minimum atomic E-state index is -4.38. The normalized spacial score (nSPS) is 17.3. The molecule has 5 rings (SSSR count). The van der Waals surface area contributed by atoms with Crippen LogP contribution in [0.3, 0.4) is 0 Å². The summed E-state index contributed by atoms with van der Waals surface area (Å²) < 4.78 is 47.1. The number of nitrogens with one attached hydrogen (secondary N) is 2.